The van der Waals surface area contributed by atoms with Crippen molar-refractivity contribution in [3.05, 3.63) is 29.6 Å². The molecule has 0 fully saturated rings. The molecule has 0 atom stereocenters. The van der Waals surface area contributed by atoms with Crippen molar-refractivity contribution in [1.82, 2.24) is 4.31 Å². The quantitative estimate of drug-likeness (QED) is 0.880. The van der Waals surface area contributed by atoms with Gasteiger partial charge >= 0.3 is 5.97 Å². The molecule has 0 aliphatic carbocycles. The Hall–Kier alpha value is -1.98. The molecule has 0 saturated heterocycles. The predicted octanol–water partition coefficient (Wildman–Crippen LogP) is 1.18. The molecule has 0 radical (unpaired) electrons. The first kappa shape index (κ1) is 16.1. The van der Waals surface area contributed by atoms with Gasteiger partial charge in [0, 0.05) is 6.04 Å². The van der Waals surface area contributed by atoms with Crippen LogP contribution in [0.4, 0.5) is 4.39 Å². The molecule has 108 valence electrons. The van der Waals surface area contributed by atoms with Gasteiger partial charge in [-0.2, -0.15) is 9.57 Å². The Kier molecular flexibility index (Phi) is 4.81. The molecule has 0 bridgehead atoms. The van der Waals surface area contributed by atoms with E-state index in [0.717, 1.165) is 22.5 Å². The Balaban J connectivity index is 3.41. The molecular formula is C12H13FN2O4S. The van der Waals surface area contributed by atoms with E-state index < -0.39 is 39.3 Å². The molecule has 1 rings (SSSR count). The number of hydrogen-bond donors (Lipinski definition) is 1. The highest BCUT2D eigenvalue weighted by Gasteiger charge is 2.31. The van der Waals surface area contributed by atoms with Gasteiger partial charge in [0.1, 0.15) is 23.3 Å². The van der Waals surface area contributed by atoms with Gasteiger partial charge in [-0.05, 0) is 32.0 Å². The van der Waals surface area contributed by atoms with Crippen LogP contribution in [0.25, 0.3) is 0 Å². The second-order valence-electron chi connectivity index (χ2n) is 4.29. The number of carboxylic acid groups (broad SMARTS) is 1. The Morgan fingerprint density at radius 2 is 2.10 bits per heavy atom. The van der Waals surface area contributed by atoms with Crippen LogP contribution in [-0.2, 0) is 14.8 Å². The summed E-state index contributed by atoms with van der Waals surface area (Å²) < 4.78 is 38.6. The minimum atomic E-state index is -4.19. The SMILES string of the molecule is CC(C)N(CC(=O)O)S(=O)(=O)c1ccc(F)cc1C#N. The summed E-state index contributed by atoms with van der Waals surface area (Å²) in [5.41, 5.74) is -0.360. The molecular weight excluding hydrogens is 287 g/mol. The fourth-order valence-electron chi connectivity index (χ4n) is 1.62. The minimum absolute atomic E-state index is 0.360. The first-order valence-electron chi connectivity index (χ1n) is 5.63. The van der Waals surface area contributed by atoms with E-state index in [1.807, 2.05) is 0 Å². The van der Waals surface area contributed by atoms with Crippen molar-refractivity contribution in [2.45, 2.75) is 24.8 Å². The number of nitriles is 1. The maximum Gasteiger partial charge on any atom is 0.318 e. The van der Waals surface area contributed by atoms with Crippen LogP contribution in [0.5, 0.6) is 0 Å². The number of hydrogen-bond acceptors (Lipinski definition) is 4. The van der Waals surface area contributed by atoms with E-state index in [-0.39, 0.29) is 5.56 Å². The van der Waals surface area contributed by atoms with E-state index in [2.05, 4.69) is 0 Å². The van der Waals surface area contributed by atoms with E-state index >= 15 is 0 Å². The van der Waals surface area contributed by atoms with Crippen molar-refractivity contribution in [1.29, 1.82) is 5.26 Å². The van der Waals surface area contributed by atoms with Crippen molar-refractivity contribution < 1.29 is 22.7 Å². The van der Waals surface area contributed by atoms with E-state index in [9.17, 15) is 17.6 Å². The van der Waals surface area contributed by atoms with Gasteiger partial charge in [0.05, 0.1) is 5.56 Å². The van der Waals surface area contributed by atoms with Crippen molar-refractivity contribution in [2.75, 3.05) is 6.54 Å². The van der Waals surface area contributed by atoms with E-state index in [0.29, 0.717) is 0 Å². The van der Waals surface area contributed by atoms with Gasteiger partial charge in [-0.15, -0.1) is 0 Å². The zero-order valence-corrected chi connectivity index (χ0v) is 11.7. The second-order valence-corrected chi connectivity index (χ2v) is 6.15. The molecule has 0 aliphatic rings. The Labute approximate surface area is 116 Å². The summed E-state index contributed by atoms with van der Waals surface area (Å²) in [5, 5.41) is 17.7. The van der Waals surface area contributed by atoms with Crippen molar-refractivity contribution in [3.8, 4) is 6.07 Å². The Morgan fingerprint density at radius 3 is 2.55 bits per heavy atom. The van der Waals surface area contributed by atoms with E-state index in [1.54, 1.807) is 6.07 Å². The lowest BCUT2D eigenvalue weighted by molar-refractivity contribution is -0.137. The zero-order valence-electron chi connectivity index (χ0n) is 10.9. The van der Waals surface area contributed by atoms with Gasteiger partial charge in [0.2, 0.25) is 10.0 Å². The van der Waals surface area contributed by atoms with E-state index in [1.165, 1.54) is 13.8 Å². The maximum atomic E-state index is 13.0. The maximum absolute atomic E-state index is 13.0. The molecule has 0 heterocycles. The molecule has 20 heavy (non-hydrogen) atoms. The molecule has 0 spiro atoms. The van der Waals surface area contributed by atoms with Crippen LogP contribution in [0.15, 0.2) is 23.1 Å². The van der Waals surface area contributed by atoms with Crippen LogP contribution in [0.1, 0.15) is 19.4 Å². The summed E-state index contributed by atoms with van der Waals surface area (Å²) in [6.07, 6.45) is 0. The molecule has 6 nitrogen and oxygen atoms in total. The lowest BCUT2D eigenvalue weighted by atomic mass is 10.2. The molecule has 0 amide bonds. The van der Waals surface area contributed by atoms with Gasteiger partial charge in [0.25, 0.3) is 0 Å². The second kappa shape index (κ2) is 5.98. The normalized spacial score (nSPS) is 11.6. The summed E-state index contributed by atoms with van der Waals surface area (Å²) in [5.74, 6) is -2.06. The number of nitrogens with zero attached hydrogens (tertiary/aromatic N) is 2. The first-order chi connectivity index (χ1) is 9.20. The van der Waals surface area contributed by atoms with Gasteiger partial charge in [-0.1, -0.05) is 0 Å². The number of sulfonamides is 1. The summed E-state index contributed by atoms with van der Waals surface area (Å²) in [6, 6.07) is 3.64. The monoisotopic (exact) mass is 300 g/mol. The number of benzene rings is 1. The molecule has 0 aromatic heterocycles. The van der Waals surface area contributed by atoms with E-state index in [4.69, 9.17) is 10.4 Å². The third-order valence-electron chi connectivity index (χ3n) is 2.52. The highest BCUT2D eigenvalue weighted by atomic mass is 32.2. The standard InChI is InChI=1S/C12H13FN2O4S/c1-8(2)15(7-12(16)17)20(18,19)11-4-3-10(13)5-9(11)6-14/h3-5,8H,7H2,1-2H3,(H,16,17). The first-order valence-corrected chi connectivity index (χ1v) is 7.07. The lowest BCUT2D eigenvalue weighted by Crippen LogP contribution is -2.40. The smallest absolute Gasteiger partial charge is 0.318 e. The zero-order chi connectivity index (χ0) is 15.5. The average Bonchev–Trinajstić information content (AvgIpc) is 2.34. The third kappa shape index (κ3) is 3.31. The molecule has 8 heteroatoms. The van der Waals surface area contributed by atoms with Crippen LogP contribution >= 0.6 is 0 Å². The van der Waals surface area contributed by atoms with Crippen molar-refractivity contribution in [3.63, 3.8) is 0 Å². The van der Waals surface area contributed by atoms with Gasteiger partial charge in [-0.25, -0.2) is 12.8 Å². The molecule has 1 N–H and O–H groups in total. The fourth-order valence-corrected chi connectivity index (χ4v) is 3.33. The number of carbonyl (C=O) groups is 1. The Morgan fingerprint density at radius 1 is 1.50 bits per heavy atom. The number of rotatable bonds is 5. The predicted molar refractivity (Wildman–Crippen MR) is 67.8 cm³/mol. The number of halogens is 1. The van der Waals surface area contributed by atoms with Crippen LogP contribution in [0, 0.1) is 17.1 Å². The summed E-state index contributed by atoms with van der Waals surface area (Å²) >= 11 is 0. The topological polar surface area (TPSA) is 98.5 Å². The third-order valence-corrected chi connectivity index (χ3v) is 4.60. The number of carboxylic acids is 1. The van der Waals surface area contributed by atoms with Crippen LogP contribution < -0.4 is 0 Å². The van der Waals surface area contributed by atoms with Crippen molar-refractivity contribution in [2.24, 2.45) is 0 Å². The molecule has 0 saturated carbocycles. The summed E-state index contributed by atoms with van der Waals surface area (Å²) in [7, 11) is -4.19. The lowest BCUT2D eigenvalue weighted by Gasteiger charge is -2.24. The summed E-state index contributed by atoms with van der Waals surface area (Å²) in [6.45, 7) is 2.29. The molecule has 1 aromatic rings. The number of aliphatic carboxylic acids is 1. The van der Waals surface area contributed by atoms with Crippen LogP contribution in [0.3, 0.4) is 0 Å². The van der Waals surface area contributed by atoms with Crippen LogP contribution in [0.2, 0.25) is 0 Å². The van der Waals surface area contributed by atoms with Gasteiger partial charge in [-0.3, -0.25) is 4.79 Å². The fraction of sp³-hybridized carbons (Fsp3) is 0.333. The average molecular weight is 300 g/mol. The molecule has 0 aliphatic heterocycles. The molecule has 1 aromatic carbocycles. The molecule has 0 unspecified atom stereocenters. The van der Waals surface area contributed by atoms with Crippen LogP contribution in [-0.4, -0.2) is 36.4 Å². The summed E-state index contributed by atoms with van der Waals surface area (Å²) in [4.78, 5) is 10.4. The van der Waals surface area contributed by atoms with Gasteiger partial charge in [0.15, 0.2) is 0 Å². The highest BCUT2D eigenvalue weighted by molar-refractivity contribution is 7.89. The van der Waals surface area contributed by atoms with Gasteiger partial charge < -0.3 is 5.11 Å². The largest absolute Gasteiger partial charge is 0.480 e. The van der Waals surface area contributed by atoms with Crippen molar-refractivity contribution >= 4 is 16.0 Å². The minimum Gasteiger partial charge on any atom is -0.480 e. The highest BCUT2D eigenvalue weighted by Crippen LogP contribution is 2.22. The Bertz CT molecular complexity index is 665.